The largest absolute Gasteiger partial charge is 0.481 e. The fourth-order valence-corrected chi connectivity index (χ4v) is 5.59. The van der Waals surface area contributed by atoms with Crippen LogP contribution in [-0.4, -0.2) is 55.3 Å². The first-order chi connectivity index (χ1) is 18.4. The first-order valence-electron chi connectivity index (χ1n) is 13.1. The third-order valence-electron chi connectivity index (χ3n) is 6.29. The Morgan fingerprint density at radius 3 is 2.18 bits per heavy atom. The summed E-state index contributed by atoms with van der Waals surface area (Å²) in [5.74, 6) is -1.11. The number of carboxylic acids is 1. The molecule has 0 radical (unpaired) electrons. The van der Waals surface area contributed by atoms with Crippen LogP contribution in [0.2, 0.25) is 10.0 Å². The summed E-state index contributed by atoms with van der Waals surface area (Å²) in [6.45, 7) is 9.99. The molecule has 4 atom stereocenters. The van der Waals surface area contributed by atoms with E-state index in [2.05, 4.69) is 0 Å². The first-order valence-corrected chi connectivity index (χ1v) is 15.2. The van der Waals surface area contributed by atoms with Crippen LogP contribution < -0.4 is 0 Å². The predicted molar refractivity (Wildman–Crippen MR) is 155 cm³/mol. The van der Waals surface area contributed by atoms with Gasteiger partial charge in [-0.15, -0.1) is 0 Å². The zero-order chi connectivity index (χ0) is 29.3. The summed E-state index contributed by atoms with van der Waals surface area (Å²) in [6, 6.07) is 12.8. The number of benzene rings is 2. The van der Waals surface area contributed by atoms with Gasteiger partial charge in [0.05, 0.1) is 24.1 Å². The Morgan fingerprint density at radius 2 is 1.72 bits per heavy atom. The lowest BCUT2D eigenvalue weighted by molar-refractivity contribution is -0.169. The number of hydrogen-bond acceptors (Lipinski definition) is 4. The number of ether oxygens (including phenoxy) is 1. The van der Waals surface area contributed by atoms with Crippen molar-refractivity contribution in [1.82, 2.24) is 4.90 Å². The molecule has 6 nitrogen and oxygen atoms in total. The van der Waals surface area contributed by atoms with Gasteiger partial charge in [-0.25, -0.2) is 4.39 Å². The van der Waals surface area contributed by atoms with Crippen molar-refractivity contribution >= 4 is 45.9 Å². The molecule has 2 aromatic rings. The highest BCUT2D eigenvalue weighted by Gasteiger charge is 2.47. The first kappa shape index (κ1) is 33.2. The second-order valence-corrected chi connectivity index (χ2v) is 13.3. The van der Waals surface area contributed by atoms with E-state index in [-0.39, 0.29) is 47.8 Å². The van der Waals surface area contributed by atoms with Crippen molar-refractivity contribution in [3.63, 3.8) is 0 Å². The molecule has 4 rings (SSSR count). The minimum absolute atomic E-state index is 0.174. The molecule has 1 saturated carbocycles. The smallest absolute Gasteiger partial charge is 0.306 e. The highest BCUT2D eigenvalue weighted by Crippen LogP contribution is 2.42. The third kappa shape index (κ3) is 9.85. The zero-order valence-electron chi connectivity index (χ0n) is 23.0. The van der Waals surface area contributed by atoms with Gasteiger partial charge in [-0.05, 0) is 69.4 Å². The normalized spacial score (nSPS) is 20.6. The lowest BCUT2D eigenvalue weighted by Gasteiger charge is -2.44. The maximum atomic E-state index is 13.3. The van der Waals surface area contributed by atoms with Gasteiger partial charge < -0.3 is 14.7 Å². The van der Waals surface area contributed by atoms with Gasteiger partial charge in [0.15, 0.2) is 0 Å². The maximum absolute atomic E-state index is 13.3. The van der Waals surface area contributed by atoms with Crippen molar-refractivity contribution in [2.75, 3.05) is 12.4 Å². The van der Waals surface area contributed by atoms with E-state index in [9.17, 15) is 23.3 Å². The van der Waals surface area contributed by atoms with Crippen molar-refractivity contribution < 1.29 is 28.0 Å². The van der Waals surface area contributed by atoms with Crippen LogP contribution in [0.3, 0.4) is 0 Å². The van der Waals surface area contributed by atoms with Crippen LogP contribution in [0.25, 0.3) is 0 Å². The van der Waals surface area contributed by atoms with Gasteiger partial charge in [-0.3, -0.25) is 13.8 Å². The quantitative estimate of drug-likeness (QED) is 0.372. The Labute approximate surface area is 243 Å². The molecule has 1 saturated heterocycles. The number of morpholine rings is 1. The van der Waals surface area contributed by atoms with Gasteiger partial charge >= 0.3 is 5.97 Å². The molecule has 2 aromatic carbocycles. The number of rotatable bonds is 7. The van der Waals surface area contributed by atoms with E-state index in [4.69, 9.17) is 27.9 Å². The van der Waals surface area contributed by atoms with E-state index in [1.807, 2.05) is 46.8 Å². The van der Waals surface area contributed by atoms with Crippen molar-refractivity contribution in [3.8, 4) is 0 Å². The van der Waals surface area contributed by atoms with Crippen molar-refractivity contribution in [3.05, 3.63) is 70.0 Å². The monoisotopic (exact) mass is 601 g/mol. The average molecular weight is 603 g/mol. The number of carbonyl (C=O) groups excluding carboxylic acids is 1. The molecule has 4 unspecified atom stereocenters. The molecule has 0 bridgehead atoms. The molecule has 1 amide bonds. The van der Waals surface area contributed by atoms with Crippen molar-refractivity contribution in [2.45, 2.75) is 76.8 Å². The molecule has 0 aromatic heterocycles. The van der Waals surface area contributed by atoms with Crippen LogP contribution in [0, 0.1) is 11.7 Å². The molecule has 2 fully saturated rings. The minimum Gasteiger partial charge on any atom is -0.481 e. The molecule has 10 heteroatoms. The molecule has 1 aliphatic carbocycles. The number of carboxylic acid groups (broad SMARTS) is 1. The molecule has 0 spiro atoms. The Balaban J connectivity index is 0.000000451. The van der Waals surface area contributed by atoms with Gasteiger partial charge in [0.1, 0.15) is 11.9 Å². The van der Waals surface area contributed by atoms with Crippen molar-refractivity contribution in [2.24, 2.45) is 5.92 Å². The lowest BCUT2D eigenvalue weighted by atomic mass is 9.98. The fraction of sp³-hybridized carbons (Fsp3) is 0.517. The highest BCUT2D eigenvalue weighted by molar-refractivity contribution is 7.86. The standard InChI is InChI=1S/C21H28ClNO5S.C6H4ClF.C2H6/c1-21(2,3)29(27)12-17(14-4-5-14)23-16(13-6-8-15(22)9-7-13)11-28-18(20(23)26)10-19(24)25;7-5-3-1-2-4-6(5)8;1-2/h6-9,14,16-18H,4-5,10-12H2,1-3H3,(H,24,25);1-4H;1-2H3. The van der Waals surface area contributed by atoms with Gasteiger partial charge in [0.2, 0.25) is 0 Å². The highest BCUT2D eigenvalue weighted by atomic mass is 35.5. The molecule has 1 heterocycles. The summed E-state index contributed by atoms with van der Waals surface area (Å²) < 4.78 is 30.4. The molecular weight excluding hydrogens is 564 g/mol. The number of halogens is 3. The van der Waals surface area contributed by atoms with E-state index < -0.39 is 27.6 Å². The Bertz CT molecular complexity index is 1100. The third-order valence-corrected chi connectivity index (χ3v) is 8.86. The Morgan fingerprint density at radius 1 is 1.13 bits per heavy atom. The summed E-state index contributed by atoms with van der Waals surface area (Å²) >= 11 is 11.4. The number of aliphatic carboxylic acids is 1. The van der Waals surface area contributed by atoms with E-state index >= 15 is 0 Å². The number of hydrogen-bond donors (Lipinski definition) is 1. The second-order valence-electron chi connectivity index (χ2n) is 10.2. The summed E-state index contributed by atoms with van der Waals surface area (Å²) in [5, 5.41) is 9.95. The Kier molecular flexibility index (Phi) is 12.9. The van der Waals surface area contributed by atoms with E-state index in [1.165, 1.54) is 12.1 Å². The van der Waals surface area contributed by atoms with Gasteiger partial charge in [-0.2, -0.15) is 0 Å². The van der Waals surface area contributed by atoms with E-state index in [1.54, 1.807) is 29.2 Å². The van der Waals surface area contributed by atoms with Crippen LogP contribution >= 0.6 is 23.2 Å². The van der Waals surface area contributed by atoms with Crippen molar-refractivity contribution in [1.29, 1.82) is 0 Å². The predicted octanol–water partition coefficient (Wildman–Crippen LogP) is 6.91. The number of nitrogens with zero attached hydrogens (tertiary/aromatic N) is 1. The number of carbonyl (C=O) groups is 2. The summed E-state index contributed by atoms with van der Waals surface area (Å²) in [7, 11) is -1.13. The summed E-state index contributed by atoms with van der Waals surface area (Å²) in [4.78, 5) is 26.3. The lowest BCUT2D eigenvalue weighted by Crippen LogP contribution is -2.56. The van der Waals surface area contributed by atoms with Crippen LogP contribution in [0.5, 0.6) is 0 Å². The van der Waals surface area contributed by atoms with Crippen LogP contribution in [0.4, 0.5) is 4.39 Å². The summed E-state index contributed by atoms with van der Waals surface area (Å²) in [5.41, 5.74) is 0.878. The molecule has 39 heavy (non-hydrogen) atoms. The Hall–Kier alpha value is -2.00. The second kappa shape index (κ2) is 15.1. The van der Waals surface area contributed by atoms with Crippen LogP contribution in [0.1, 0.15) is 65.5 Å². The fourth-order valence-electron chi connectivity index (χ4n) is 4.09. The topological polar surface area (TPSA) is 83.9 Å². The van der Waals surface area contributed by atoms with Gasteiger partial charge in [-0.1, -0.05) is 61.3 Å². The van der Waals surface area contributed by atoms with Crippen LogP contribution in [0.15, 0.2) is 48.5 Å². The van der Waals surface area contributed by atoms with Gasteiger partial charge in [0.25, 0.3) is 5.91 Å². The SMILES string of the molecule is CC.CC(C)(C)S(=O)CC(C1CC1)N1C(=O)C(CC(=O)O)OCC1c1ccc(Cl)cc1.Fc1ccccc1Cl. The zero-order valence-corrected chi connectivity index (χ0v) is 25.4. The van der Waals surface area contributed by atoms with E-state index in [0.29, 0.717) is 10.8 Å². The summed E-state index contributed by atoms with van der Waals surface area (Å²) in [6.07, 6.45) is 0.573. The molecule has 1 aliphatic heterocycles. The average Bonchev–Trinajstić information content (AvgIpc) is 3.72. The molecular formula is C29H38Cl2FNO5S. The van der Waals surface area contributed by atoms with Crippen LogP contribution in [-0.2, 0) is 25.1 Å². The minimum atomic E-state index is -1.13. The molecule has 1 N–H and O–H groups in total. The molecule has 2 aliphatic rings. The molecule has 216 valence electrons. The number of amides is 1. The van der Waals surface area contributed by atoms with Gasteiger partial charge in [0, 0.05) is 32.4 Å². The van der Waals surface area contributed by atoms with E-state index in [0.717, 1.165) is 18.4 Å². The maximum Gasteiger partial charge on any atom is 0.306 e.